The Hall–Kier alpha value is -10.8. The molecule has 0 aliphatic carbocycles. The summed E-state index contributed by atoms with van der Waals surface area (Å²) >= 11 is 2.63. The van der Waals surface area contributed by atoms with Crippen molar-refractivity contribution in [3.63, 3.8) is 0 Å². The van der Waals surface area contributed by atoms with Gasteiger partial charge in [0.1, 0.15) is 34.7 Å². The number of aromatic hydroxyl groups is 2. The van der Waals surface area contributed by atoms with E-state index in [0.29, 0.717) is 38.6 Å². The van der Waals surface area contributed by atoms with Crippen LogP contribution in [-0.2, 0) is 35.1 Å². The number of anilines is 1. The Bertz CT molecular complexity index is 4210. The normalized spacial score (nSPS) is 15.3. The third-order valence-electron chi connectivity index (χ3n) is 16.1. The van der Waals surface area contributed by atoms with Crippen molar-refractivity contribution in [1.82, 2.24) is 24.8 Å². The van der Waals surface area contributed by atoms with Gasteiger partial charge >= 0.3 is 5.97 Å². The van der Waals surface area contributed by atoms with Crippen LogP contribution in [0, 0.1) is 0 Å². The van der Waals surface area contributed by atoms with E-state index in [1.165, 1.54) is 46.5 Å². The van der Waals surface area contributed by atoms with Crippen LogP contribution in [0.25, 0.3) is 16.7 Å². The second kappa shape index (κ2) is 24.9. The molecule has 11 aromatic rings. The van der Waals surface area contributed by atoms with Crippen LogP contribution in [0.15, 0.2) is 289 Å². The van der Waals surface area contributed by atoms with E-state index in [2.05, 4.69) is 52.0 Å². The number of thiazole rings is 1. The van der Waals surface area contributed by atoms with Gasteiger partial charge in [-0.05, 0) is 34.7 Å². The topological polar surface area (TPSA) is 180 Å². The van der Waals surface area contributed by atoms with Gasteiger partial charge in [-0.15, -0.1) is 23.1 Å². The van der Waals surface area contributed by atoms with Crippen molar-refractivity contribution < 1.29 is 34.2 Å². The van der Waals surface area contributed by atoms with Gasteiger partial charge in [0.05, 0.1) is 11.0 Å². The maximum Gasteiger partial charge on any atom is 0.356 e. The summed E-state index contributed by atoms with van der Waals surface area (Å²) in [4.78, 5) is 64.7. The summed E-state index contributed by atoms with van der Waals surface area (Å²) in [5.41, 5.74) is 5.62. The van der Waals surface area contributed by atoms with Crippen LogP contribution in [0.5, 0.6) is 11.5 Å². The molecule has 1 fully saturated rings. The number of benzene rings is 9. The number of hydrogen-bond acceptors (Lipinski definition) is 13. The molecule has 0 saturated carbocycles. The first kappa shape index (κ1) is 57.3. The summed E-state index contributed by atoms with van der Waals surface area (Å²) in [6.07, 6.45) is 2.43. The van der Waals surface area contributed by atoms with Crippen molar-refractivity contribution in [2.24, 2.45) is 5.16 Å². The van der Waals surface area contributed by atoms with E-state index in [0.717, 1.165) is 33.4 Å². The van der Waals surface area contributed by atoms with Gasteiger partial charge in [0, 0.05) is 51.2 Å². The van der Waals surface area contributed by atoms with Crippen molar-refractivity contribution in [1.29, 1.82) is 0 Å². The summed E-state index contributed by atoms with van der Waals surface area (Å²) < 4.78 is 8.27. The van der Waals surface area contributed by atoms with Crippen LogP contribution in [0.3, 0.4) is 0 Å². The first-order valence-electron chi connectivity index (χ1n) is 28.9. The zero-order valence-corrected chi connectivity index (χ0v) is 49.5. The van der Waals surface area contributed by atoms with Crippen LogP contribution >= 0.6 is 23.1 Å². The molecule has 2 aliphatic rings. The number of carbonyl (C=O) groups excluding carboxylic acids is 3. The predicted molar refractivity (Wildman–Crippen MR) is 348 cm³/mol. The number of rotatable bonds is 19. The molecule has 2 aliphatic heterocycles. The highest BCUT2D eigenvalue weighted by atomic mass is 32.2. The predicted octanol–water partition coefficient (Wildman–Crippen LogP) is 13.6. The van der Waals surface area contributed by atoms with Crippen molar-refractivity contribution >= 4 is 68.5 Å². The number of ether oxygens (including phenoxy) is 1. The molecule has 438 valence electrons. The van der Waals surface area contributed by atoms with Crippen LogP contribution in [0.2, 0.25) is 0 Å². The molecule has 0 spiro atoms. The first-order valence-corrected chi connectivity index (χ1v) is 30.8. The minimum Gasteiger partial charge on any atom is -0.504 e. The fourth-order valence-corrected chi connectivity index (χ4v) is 13.9. The molecule has 0 radical (unpaired) electrons. The van der Waals surface area contributed by atoms with Crippen LogP contribution in [0.1, 0.15) is 63.2 Å². The number of allylic oxidation sites excluding steroid dienone is 2. The van der Waals surface area contributed by atoms with E-state index >= 15 is 14.4 Å². The maximum absolute atomic E-state index is 15.8. The SMILES string of the molecule is C/C=C(\C1=C(C(=O)OC(c2ccccc2)c2ccccc2)N2C(=O)C(NC(=O)/C(=N\OC(c3ccccc3)(c3ccccc3)c3ccccc3)c3csc(NC(c4ccccc4)(c4ccccc4)c4ccccc4)n3)C2SC1)n1cnc2cc(O)c(O)cc21. The molecule has 14 nitrogen and oxygen atoms in total. The minimum atomic E-state index is -1.42. The van der Waals surface area contributed by atoms with Crippen molar-refractivity contribution in [3.8, 4) is 11.5 Å². The third kappa shape index (κ3) is 10.8. The smallest absolute Gasteiger partial charge is 0.356 e. The Balaban J connectivity index is 0.915. The summed E-state index contributed by atoms with van der Waals surface area (Å²) in [7, 11) is 0. The van der Waals surface area contributed by atoms with Crippen molar-refractivity contribution in [2.75, 3.05) is 11.1 Å². The number of nitrogens with one attached hydrogen (secondary N) is 2. The maximum atomic E-state index is 15.8. The fraction of sp³-hybridized carbons (Fsp3) is 0.0959. The number of hydrogen-bond donors (Lipinski definition) is 4. The Kier molecular flexibility index (Phi) is 16.0. The second-order valence-corrected chi connectivity index (χ2v) is 23.2. The quantitative estimate of drug-likeness (QED) is 0.0151. The zero-order chi connectivity index (χ0) is 60.9. The number of carbonyl (C=O) groups is 3. The number of phenols is 2. The molecule has 4 heterocycles. The molecule has 16 heteroatoms. The lowest BCUT2D eigenvalue weighted by Crippen LogP contribution is -2.71. The average Bonchev–Trinajstić information content (AvgIpc) is 1.89. The highest BCUT2D eigenvalue weighted by Crippen LogP contribution is 2.47. The summed E-state index contributed by atoms with van der Waals surface area (Å²) in [5.74, 6) is -2.70. The molecule has 0 bridgehead atoms. The van der Waals surface area contributed by atoms with Gasteiger partial charge in [0.15, 0.2) is 28.4 Å². The van der Waals surface area contributed by atoms with E-state index in [-0.39, 0.29) is 34.4 Å². The van der Waals surface area contributed by atoms with E-state index in [4.69, 9.17) is 19.7 Å². The number of aromatic nitrogens is 3. The Morgan fingerprint density at radius 1 is 0.652 bits per heavy atom. The van der Waals surface area contributed by atoms with E-state index in [1.807, 2.05) is 206 Å². The number of imidazole rings is 1. The standard InChI is InChI=1S/C73H57N7O7S2/c1-2-59(79-47-74-57-43-61(81)62(82)44-60(57)79)56-45-88-69-64(68(84)80(69)65(56)70(85)86-66(48-27-11-3-12-28-48)49-29-13-4-14-30-49)76-67(83)63(78-87-73(53-37-21-8-22-38-53,54-39-23-9-24-40-54)55-41-25-10-26-42-55)58-46-89-71(75-58)77-72(50-31-15-5-16-32-50,51-33-17-6-18-34-51)52-35-19-7-20-36-52/h2-44,46-47,64,66,69,81-82H,45H2,1H3,(H,75,77)(H,76,83)/b59-2+,78-63-. The molecule has 2 aromatic heterocycles. The summed E-state index contributed by atoms with van der Waals surface area (Å²) in [5, 5.41) is 34.3. The van der Waals surface area contributed by atoms with Crippen molar-refractivity contribution in [2.45, 2.75) is 35.6 Å². The monoisotopic (exact) mass is 1210 g/mol. The first-order chi connectivity index (χ1) is 43.7. The molecule has 13 rings (SSSR count). The molecular formula is C73H57N7O7S2. The second-order valence-electron chi connectivity index (χ2n) is 21.2. The lowest BCUT2D eigenvalue weighted by Gasteiger charge is -2.50. The van der Waals surface area contributed by atoms with E-state index in [9.17, 15) is 10.2 Å². The van der Waals surface area contributed by atoms with Gasteiger partial charge in [-0.2, -0.15) is 0 Å². The van der Waals surface area contributed by atoms with Crippen LogP contribution in [-0.4, -0.2) is 70.3 Å². The van der Waals surface area contributed by atoms with Crippen molar-refractivity contribution in [3.05, 3.63) is 334 Å². The highest BCUT2D eigenvalue weighted by Gasteiger charge is 2.56. The molecule has 4 N–H and O–H groups in total. The minimum absolute atomic E-state index is 0.0383. The van der Waals surface area contributed by atoms with Gasteiger partial charge in [-0.3, -0.25) is 19.1 Å². The largest absolute Gasteiger partial charge is 0.504 e. The van der Waals surface area contributed by atoms with Crippen LogP contribution < -0.4 is 10.6 Å². The zero-order valence-electron chi connectivity index (χ0n) is 47.9. The molecule has 1 saturated heterocycles. The molecule has 2 amide bonds. The van der Waals surface area contributed by atoms with Gasteiger partial charge < -0.3 is 30.4 Å². The molecule has 2 unspecified atom stereocenters. The molecule has 2 atom stereocenters. The van der Waals surface area contributed by atoms with Crippen LogP contribution in [0.4, 0.5) is 5.13 Å². The van der Waals surface area contributed by atoms with E-state index in [1.54, 1.807) is 22.9 Å². The number of nitrogens with zero attached hydrogens (tertiary/aromatic N) is 5. The number of thioether (sulfide) groups is 1. The Labute approximate surface area is 521 Å². The average molecular weight is 1210 g/mol. The number of phenolic OH excluding ortho intramolecular Hbond substituents is 2. The van der Waals surface area contributed by atoms with Gasteiger partial charge in [0.2, 0.25) is 5.60 Å². The summed E-state index contributed by atoms with van der Waals surface area (Å²) in [6.45, 7) is 1.79. The fourth-order valence-electron chi connectivity index (χ4n) is 11.8. The Morgan fingerprint density at radius 3 is 1.60 bits per heavy atom. The van der Waals surface area contributed by atoms with Gasteiger partial charge in [-0.1, -0.05) is 254 Å². The van der Waals surface area contributed by atoms with Gasteiger partial charge in [0.25, 0.3) is 11.8 Å². The number of amides is 2. The van der Waals surface area contributed by atoms with E-state index < -0.39 is 46.4 Å². The summed E-state index contributed by atoms with van der Waals surface area (Å²) in [6, 6.07) is 79.6. The number of β-lactam (4-membered cyclic amide) rings is 1. The highest BCUT2D eigenvalue weighted by molar-refractivity contribution is 8.00. The Morgan fingerprint density at radius 2 is 1.11 bits per heavy atom. The molecule has 89 heavy (non-hydrogen) atoms. The third-order valence-corrected chi connectivity index (χ3v) is 18.1. The molecular weight excluding hydrogens is 1150 g/mol. The number of esters is 1. The lowest BCUT2D eigenvalue weighted by atomic mass is 9.77. The molecule has 9 aromatic carbocycles. The van der Waals surface area contributed by atoms with Gasteiger partial charge in [-0.25, -0.2) is 14.8 Å². The lowest BCUT2D eigenvalue weighted by molar-refractivity contribution is -0.154. The number of oxime groups is 1. The number of fused-ring (bicyclic) bond motifs is 2.